The molecule has 2 aromatic carbocycles. The number of nitrogens with zero attached hydrogens (tertiary/aromatic N) is 2. The molecule has 0 aliphatic carbocycles. The van der Waals surface area contributed by atoms with Crippen LogP contribution in [0.4, 0.5) is 0 Å². The van der Waals surface area contributed by atoms with Gasteiger partial charge >= 0.3 is 0 Å². The normalized spacial score (nSPS) is 18.8. The van der Waals surface area contributed by atoms with Crippen LogP contribution in [0.5, 0.6) is 0 Å². The number of rotatable bonds is 4. The van der Waals surface area contributed by atoms with Crippen molar-refractivity contribution in [3.8, 4) is 6.07 Å². The topological polar surface area (TPSA) is 27.0 Å². The highest BCUT2D eigenvalue weighted by atomic mass is 15.2. The molecule has 3 rings (SSSR count). The van der Waals surface area contributed by atoms with E-state index in [4.69, 9.17) is 5.26 Å². The third-order valence-corrected chi connectivity index (χ3v) is 4.53. The van der Waals surface area contributed by atoms with Gasteiger partial charge in [-0.25, -0.2) is 0 Å². The third kappa shape index (κ3) is 3.75. The summed E-state index contributed by atoms with van der Waals surface area (Å²) in [5, 5.41) is 8.90. The minimum Gasteiger partial charge on any atom is -0.296 e. The molecule has 0 aromatic heterocycles. The summed E-state index contributed by atoms with van der Waals surface area (Å²) in [5.41, 5.74) is 3.47. The highest BCUT2D eigenvalue weighted by Crippen LogP contribution is 2.23. The molecule has 0 amide bonds. The molecule has 1 atom stereocenters. The first-order chi connectivity index (χ1) is 10.8. The van der Waals surface area contributed by atoms with Gasteiger partial charge in [0, 0.05) is 12.6 Å². The van der Waals surface area contributed by atoms with E-state index in [0.717, 1.165) is 18.5 Å². The lowest BCUT2D eigenvalue weighted by molar-refractivity contribution is 0.139. The van der Waals surface area contributed by atoms with Gasteiger partial charge in [-0.15, -0.1) is 0 Å². The molecule has 0 saturated carbocycles. The molecule has 1 heterocycles. The molecule has 0 radical (unpaired) electrons. The van der Waals surface area contributed by atoms with Crippen molar-refractivity contribution in [3.05, 3.63) is 71.3 Å². The van der Waals surface area contributed by atoms with Gasteiger partial charge in [0.05, 0.1) is 11.6 Å². The molecule has 2 nitrogen and oxygen atoms in total. The van der Waals surface area contributed by atoms with Crippen LogP contribution in [0.2, 0.25) is 0 Å². The summed E-state index contributed by atoms with van der Waals surface area (Å²) in [6.45, 7) is 2.17. The van der Waals surface area contributed by atoms with E-state index in [0.29, 0.717) is 6.04 Å². The van der Waals surface area contributed by atoms with Crippen LogP contribution in [0.25, 0.3) is 0 Å². The fraction of sp³-hybridized carbons (Fsp3) is 0.350. The van der Waals surface area contributed by atoms with Gasteiger partial charge in [-0.1, -0.05) is 48.9 Å². The lowest BCUT2D eigenvalue weighted by atomic mass is 9.95. The molecule has 112 valence electrons. The number of benzene rings is 2. The van der Waals surface area contributed by atoms with Crippen molar-refractivity contribution < 1.29 is 0 Å². The molecular formula is C20H22N2. The highest BCUT2D eigenvalue weighted by molar-refractivity contribution is 5.31. The van der Waals surface area contributed by atoms with Crippen molar-refractivity contribution in [1.29, 1.82) is 5.26 Å². The van der Waals surface area contributed by atoms with Crippen LogP contribution in [0.3, 0.4) is 0 Å². The molecule has 0 bridgehead atoms. The Balaban J connectivity index is 1.68. The Kier molecular flexibility index (Phi) is 4.88. The number of piperidine rings is 1. The summed E-state index contributed by atoms with van der Waals surface area (Å²) in [6, 6.07) is 21.6. The van der Waals surface area contributed by atoms with E-state index in [9.17, 15) is 0 Å². The number of hydrogen-bond acceptors (Lipinski definition) is 2. The summed E-state index contributed by atoms with van der Waals surface area (Å²) in [5.74, 6) is 0. The molecule has 0 unspecified atom stereocenters. The standard InChI is InChI=1S/C20H22N2/c21-15-18-9-11-19(12-10-18)16-22-13-5-4-8-20(22)14-17-6-2-1-3-7-17/h1-3,6-7,9-12,20H,4-5,8,13-14,16H2/t20-/m1/s1. The minimum atomic E-state index is 0.631. The largest absolute Gasteiger partial charge is 0.296 e. The van der Waals surface area contributed by atoms with E-state index in [1.807, 2.05) is 12.1 Å². The fourth-order valence-electron chi connectivity index (χ4n) is 3.30. The molecule has 1 saturated heterocycles. The van der Waals surface area contributed by atoms with Crippen molar-refractivity contribution in [2.24, 2.45) is 0 Å². The molecule has 22 heavy (non-hydrogen) atoms. The Bertz CT molecular complexity index is 625. The Morgan fingerprint density at radius 1 is 0.955 bits per heavy atom. The fourth-order valence-corrected chi connectivity index (χ4v) is 3.30. The second-order valence-electron chi connectivity index (χ2n) is 6.12. The SMILES string of the molecule is N#Cc1ccc(CN2CCCC[C@@H]2Cc2ccccc2)cc1. The van der Waals surface area contributed by atoms with Gasteiger partial charge in [-0.2, -0.15) is 5.26 Å². The molecule has 1 aliphatic heterocycles. The molecule has 1 aliphatic rings. The maximum atomic E-state index is 8.90. The molecular weight excluding hydrogens is 268 g/mol. The third-order valence-electron chi connectivity index (χ3n) is 4.53. The van der Waals surface area contributed by atoms with Gasteiger partial charge in [-0.05, 0) is 49.1 Å². The Hall–Kier alpha value is -2.11. The van der Waals surface area contributed by atoms with Crippen LogP contribution >= 0.6 is 0 Å². The summed E-state index contributed by atoms with van der Waals surface area (Å²) in [7, 11) is 0. The zero-order chi connectivity index (χ0) is 15.2. The highest BCUT2D eigenvalue weighted by Gasteiger charge is 2.22. The van der Waals surface area contributed by atoms with Crippen LogP contribution in [0.15, 0.2) is 54.6 Å². The first kappa shape index (κ1) is 14.8. The van der Waals surface area contributed by atoms with E-state index in [-0.39, 0.29) is 0 Å². The molecule has 0 N–H and O–H groups in total. The van der Waals surface area contributed by atoms with Crippen LogP contribution in [0, 0.1) is 11.3 Å². The smallest absolute Gasteiger partial charge is 0.0991 e. The monoisotopic (exact) mass is 290 g/mol. The van der Waals surface area contributed by atoms with E-state index >= 15 is 0 Å². The van der Waals surface area contributed by atoms with Gasteiger partial charge in [0.15, 0.2) is 0 Å². The van der Waals surface area contributed by atoms with Crippen molar-refractivity contribution in [3.63, 3.8) is 0 Å². The maximum absolute atomic E-state index is 8.90. The van der Waals surface area contributed by atoms with E-state index in [1.54, 1.807) is 0 Å². The molecule has 0 spiro atoms. The van der Waals surface area contributed by atoms with Crippen LogP contribution in [-0.2, 0) is 13.0 Å². The van der Waals surface area contributed by atoms with Crippen LogP contribution in [-0.4, -0.2) is 17.5 Å². The first-order valence-electron chi connectivity index (χ1n) is 8.12. The quantitative estimate of drug-likeness (QED) is 0.845. The molecule has 2 heteroatoms. The van der Waals surface area contributed by atoms with Crippen molar-refractivity contribution in [1.82, 2.24) is 4.90 Å². The van der Waals surface area contributed by atoms with Gasteiger partial charge in [0.25, 0.3) is 0 Å². The van der Waals surface area contributed by atoms with E-state index in [1.165, 1.54) is 36.9 Å². The second kappa shape index (κ2) is 7.24. The number of likely N-dealkylation sites (tertiary alicyclic amines) is 1. The summed E-state index contributed by atoms with van der Waals surface area (Å²) in [6.07, 6.45) is 5.05. The Morgan fingerprint density at radius 2 is 1.73 bits per heavy atom. The van der Waals surface area contributed by atoms with Gasteiger partial charge in [-0.3, -0.25) is 4.90 Å². The Morgan fingerprint density at radius 3 is 2.45 bits per heavy atom. The summed E-state index contributed by atoms with van der Waals surface area (Å²) in [4.78, 5) is 2.61. The molecule has 2 aromatic rings. The van der Waals surface area contributed by atoms with Crippen molar-refractivity contribution in [2.75, 3.05) is 6.54 Å². The average Bonchev–Trinajstić information content (AvgIpc) is 2.58. The van der Waals surface area contributed by atoms with Gasteiger partial charge in [0.1, 0.15) is 0 Å². The van der Waals surface area contributed by atoms with Crippen LogP contribution < -0.4 is 0 Å². The minimum absolute atomic E-state index is 0.631. The first-order valence-corrected chi connectivity index (χ1v) is 8.12. The lowest BCUT2D eigenvalue weighted by Gasteiger charge is -2.36. The average molecular weight is 290 g/mol. The van der Waals surface area contributed by atoms with E-state index in [2.05, 4.69) is 53.4 Å². The number of nitriles is 1. The van der Waals surface area contributed by atoms with Crippen molar-refractivity contribution >= 4 is 0 Å². The van der Waals surface area contributed by atoms with Gasteiger partial charge < -0.3 is 0 Å². The van der Waals surface area contributed by atoms with Crippen LogP contribution in [0.1, 0.15) is 36.0 Å². The van der Waals surface area contributed by atoms with Crippen molar-refractivity contribution in [2.45, 2.75) is 38.3 Å². The second-order valence-corrected chi connectivity index (χ2v) is 6.12. The number of hydrogen-bond donors (Lipinski definition) is 0. The zero-order valence-corrected chi connectivity index (χ0v) is 12.9. The molecule has 1 fully saturated rings. The van der Waals surface area contributed by atoms with E-state index < -0.39 is 0 Å². The maximum Gasteiger partial charge on any atom is 0.0991 e. The lowest BCUT2D eigenvalue weighted by Crippen LogP contribution is -2.40. The zero-order valence-electron chi connectivity index (χ0n) is 12.9. The Labute approximate surface area is 133 Å². The summed E-state index contributed by atoms with van der Waals surface area (Å²) >= 11 is 0. The summed E-state index contributed by atoms with van der Waals surface area (Å²) < 4.78 is 0. The predicted molar refractivity (Wildman–Crippen MR) is 89.4 cm³/mol. The van der Waals surface area contributed by atoms with Gasteiger partial charge in [0.2, 0.25) is 0 Å². The predicted octanol–water partition coefficient (Wildman–Crippen LogP) is 4.16.